The second kappa shape index (κ2) is 10.6. The first-order valence-electron chi connectivity index (χ1n) is 12.3. The molecule has 4 unspecified atom stereocenters. The summed E-state index contributed by atoms with van der Waals surface area (Å²) < 4.78 is 0. The van der Waals surface area contributed by atoms with Gasteiger partial charge in [-0.3, -0.25) is 0 Å². The van der Waals surface area contributed by atoms with E-state index in [1.54, 1.807) is 0 Å². The van der Waals surface area contributed by atoms with E-state index in [4.69, 9.17) is 0 Å². The topological polar surface area (TPSA) is 53.4 Å². The fraction of sp³-hybridized carbons (Fsp3) is 0.500. The number of aliphatic hydroxyl groups is 2. The van der Waals surface area contributed by atoms with E-state index in [9.17, 15) is 10.2 Å². The van der Waals surface area contributed by atoms with Gasteiger partial charge in [0.05, 0.1) is 12.2 Å². The summed E-state index contributed by atoms with van der Waals surface area (Å²) in [5.41, 5.74) is 3.21. The Morgan fingerprint density at radius 2 is 1.68 bits per heavy atom. The van der Waals surface area contributed by atoms with Crippen LogP contribution in [0.3, 0.4) is 0 Å². The quantitative estimate of drug-likeness (QED) is 0.297. The summed E-state index contributed by atoms with van der Waals surface area (Å²) in [5, 5.41) is 23.4. The zero-order valence-corrected chi connectivity index (χ0v) is 23.4. The fourth-order valence-corrected chi connectivity index (χ4v) is 5.89. The van der Waals surface area contributed by atoms with Gasteiger partial charge in [0.25, 0.3) is 0 Å². The van der Waals surface area contributed by atoms with Gasteiger partial charge in [0.1, 0.15) is 0 Å². The fourth-order valence-electron chi connectivity index (χ4n) is 5.89. The van der Waals surface area contributed by atoms with Crippen LogP contribution in [0, 0.1) is 35.7 Å². The number of hydrogen-bond acceptors (Lipinski definition) is 3. The first-order chi connectivity index (χ1) is 15.6. The van der Waals surface area contributed by atoms with Gasteiger partial charge in [0, 0.05) is 32.2 Å². The third kappa shape index (κ3) is 5.62. The van der Waals surface area contributed by atoms with Crippen molar-refractivity contribution in [1.82, 2.24) is 4.98 Å². The number of fused-ring (bicyclic) bond motifs is 2. The molecule has 5 rings (SSSR count). The van der Waals surface area contributed by atoms with Crippen LogP contribution in [0.2, 0.25) is 0 Å². The van der Waals surface area contributed by atoms with E-state index in [1.807, 2.05) is 30.5 Å². The molecule has 4 heteroatoms. The largest absolute Gasteiger partial charge is 0.392 e. The molecule has 34 heavy (non-hydrogen) atoms. The molecule has 1 aromatic heterocycles. The molecule has 0 aliphatic heterocycles. The van der Waals surface area contributed by atoms with Crippen molar-refractivity contribution in [3.63, 3.8) is 0 Å². The molecule has 0 saturated heterocycles. The van der Waals surface area contributed by atoms with Crippen molar-refractivity contribution in [1.29, 1.82) is 0 Å². The van der Waals surface area contributed by atoms with Crippen LogP contribution in [0.15, 0.2) is 54.7 Å². The van der Waals surface area contributed by atoms with Crippen LogP contribution in [-0.2, 0) is 20.1 Å². The molecule has 2 N–H and O–H groups in total. The van der Waals surface area contributed by atoms with Crippen molar-refractivity contribution >= 4 is 10.8 Å². The molecule has 1 radical (unpaired) electrons. The average Bonchev–Trinajstić information content (AvgIpc) is 2.94. The van der Waals surface area contributed by atoms with E-state index in [0.29, 0.717) is 5.92 Å². The van der Waals surface area contributed by atoms with Gasteiger partial charge in [-0.05, 0) is 65.5 Å². The Morgan fingerprint density at radius 1 is 0.941 bits per heavy atom. The van der Waals surface area contributed by atoms with E-state index >= 15 is 0 Å². The molecule has 0 amide bonds. The number of aromatic nitrogens is 1. The number of aliphatic hydroxyl groups excluding tert-OH is 2. The molecule has 2 aliphatic carbocycles. The van der Waals surface area contributed by atoms with E-state index in [-0.39, 0.29) is 49.1 Å². The first kappa shape index (κ1) is 27.0. The third-order valence-corrected chi connectivity index (χ3v) is 7.92. The summed E-state index contributed by atoms with van der Waals surface area (Å²) in [4.78, 5) is 4.49. The van der Waals surface area contributed by atoms with Crippen LogP contribution in [-0.4, -0.2) is 27.4 Å². The molecule has 2 aromatic carbocycles. The normalized spacial score (nSPS) is 27.0. The Labute approximate surface area is 218 Å². The van der Waals surface area contributed by atoms with Gasteiger partial charge in [-0.1, -0.05) is 57.9 Å². The van der Waals surface area contributed by atoms with E-state index in [0.717, 1.165) is 24.1 Å². The van der Waals surface area contributed by atoms with Gasteiger partial charge >= 0.3 is 0 Å². The maximum Gasteiger partial charge on any atom is 0.0646 e. The number of pyridine rings is 1. The average molecular weight is 637 g/mol. The van der Waals surface area contributed by atoms with Crippen LogP contribution in [0.4, 0.5) is 0 Å². The van der Waals surface area contributed by atoms with Crippen LogP contribution < -0.4 is 0 Å². The maximum atomic E-state index is 10.5. The molecule has 4 atom stereocenters. The molecule has 0 spiro atoms. The molecule has 0 bridgehead atoms. The molecule has 1 heterocycles. The van der Waals surface area contributed by atoms with Gasteiger partial charge in [-0.2, -0.15) is 0 Å². The second-order valence-electron chi connectivity index (χ2n) is 11.5. The molecule has 2 saturated carbocycles. The second-order valence-corrected chi connectivity index (χ2v) is 11.5. The summed E-state index contributed by atoms with van der Waals surface area (Å²) in [5.74, 6) is 0.606. The smallest absolute Gasteiger partial charge is 0.0646 e. The van der Waals surface area contributed by atoms with E-state index in [2.05, 4.69) is 69.9 Å². The van der Waals surface area contributed by atoms with Crippen molar-refractivity contribution < 1.29 is 30.3 Å². The summed E-state index contributed by atoms with van der Waals surface area (Å²) >= 11 is 0. The van der Waals surface area contributed by atoms with E-state index in [1.165, 1.54) is 29.2 Å². The summed E-state index contributed by atoms with van der Waals surface area (Å²) in [6, 6.07) is 19.6. The number of benzene rings is 2. The van der Waals surface area contributed by atoms with Gasteiger partial charge in [0.15, 0.2) is 0 Å². The molecule has 3 aromatic rings. The minimum absolute atomic E-state index is 0. The van der Waals surface area contributed by atoms with Crippen molar-refractivity contribution in [2.45, 2.75) is 72.5 Å². The SMILES string of the molecule is CC1(C)CCCC2CC(C)(C)C(O)C2C1O.Cc1ccc2cc(-c3[c-]cccc3)ncc2c1.[Ir]. The van der Waals surface area contributed by atoms with Gasteiger partial charge in [0.2, 0.25) is 0 Å². The molecule has 3 nitrogen and oxygen atoms in total. The predicted octanol–water partition coefficient (Wildman–Crippen LogP) is 6.59. The Bertz CT molecular complexity index is 1100. The molecule has 2 aliphatic rings. The van der Waals surface area contributed by atoms with Crippen molar-refractivity contribution in [3.8, 4) is 11.3 Å². The maximum absolute atomic E-state index is 10.5. The van der Waals surface area contributed by atoms with Crippen LogP contribution in [0.5, 0.6) is 0 Å². The van der Waals surface area contributed by atoms with Crippen LogP contribution in [0.25, 0.3) is 22.0 Å². The van der Waals surface area contributed by atoms with Crippen molar-refractivity contribution in [3.05, 3.63) is 66.4 Å². The Kier molecular flexibility index (Phi) is 8.41. The Hall–Kier alpha value is -1.58. The minimum Gasteiger partial charge on any atom is -0.392 e. The zero-order chi connectivity index (χ0) is 23.8. The van der Waals surface area contributed by atoms with Gasteiger partial charge in [-0.15, -0.1) is 35.9 Å². The summed E-state index contributed by atoms with van der Waals surface area (Å²) in [6.07, 6.45) is 5.74. The Balaban J connectivity index is 0.000000186. The zero-order valence-electron chi connectivity index (χ0n) is 21.0. The standard InChI is InChI=1S/C16H12N.C14H26O2.Ir/c1-12-7-8-14-10-16(17-11-15(14)9-12)13-5-3-2-4-6-13;1-13(2)7-5-6-9-8-14(3,4)12(16)10(9)11(13)15;/h2-5,7-11H,1H3;9-12,15-16H,5-8H2,1-4H3;/q-1;;. The molecular formula is C30H38IrNO2-. The molecular weight excluding hydrogens is 599 g/mol. The third-order valence-electron chi connectivity index (χ3n) is 7.92. The number of nitrogens with zero attached hydrogens (tertiary/aromatic N) is 1. The van der Waals surface area contributed by atoms with Crippen LogP contribution in [0.1, 0.15) is 58.9 Å². The predicted molar refractivity (Wildman–Crippen MR) is 136 cm³/mol. The van der Waals surface area contributed by atoms with Crippen LogP contribution >= 0.6 is 0 Å². The summed E-state index contributed by atoms with van der Waals surface area (Å²) in [6.45, 7) is 10.6. The summed E-state index contributed by atoms with van der Waals surface area (Å²) in [7, 11) is 0. The minimum atomic E-state index is -0.350. The number of aryl methyl sites for hydroxylation is 1. The number of rotatable bonds is 1. The molecule has 2 fully saturated rings. The van der Waals surface area contributed by atoms with Crippen molar-refractivity contribution in [2.24, 2.45) is 22.7 Å². The van der Waals surface area contributed by atoms with Crippen molar-refractivity contribution in [2.75, 3.05) is 0 Å². The van der Waals surface area contributed by atoms with Gasteiger partial charge < -0.3 is 15.2 Å². The monoisotopic (exact) mass is 637 g/mol. The molecule has 185 valence electrons. The van der Waals surface area contributed by atoms with Gasteiger partial charge in [-0.25, -0.2) is 0 Å². The number of hydrogen-bond donors (Lipinski definition) is 2. The Morgan fingerprint density at radius 3 is 2.38 bits per heavy atom. The van der Waals surface area contributed by atoms with E-state index < -0.39 is 0 Å². The first-order valence-corrected chi connectivity index (χ1v) is 12.3.